The van der Waals surface area contributed by atoms with Gasteiger partial charge in [-0.2, -0.15) is 0 Å². The monoisotopic (exact) mass is 291 g/mol. The third-order valence-electron chi connectivity index (χ3n) is 4.48. The molecule has 0 amide bonds. The second-order valence-electron chi connectivity index (χ2n) is 5.88. The largest absolute Gasteiger partial charge is 0.496 e. The third-order valence-corrected chi connectivity index (χ3v) is 4.48. The summed E-state index contributed by atoms with van der Waals surface area (Å²) in [5.74, 6) is -0.0502. The molecule has 2 atom stereocenters. The highest BCUT2D eigenvalue weighted by Crippen LogP contribution is 2.29. The van der Waals surface area contributed by atoms with Crippen molar-refractivity contribution in [3.8, 4) is 5.75 Å². The predicted molar refractivity (Wildman–Crippen MR) is 82.5 cm³/mol. The van der Waals surface area contributed by atoms with Crippen molar-refractivity contribution in [2.45, 2.75) is 44.7 Å². The second kappa shape index (κ2) is 7.46. The summed E-state index contributed by atoms with van der Waals surface area (Å²) in [6, 6.07) is 8.05. The first-order valence-corrected chi connectivity index (χ1v) is 7.68. The highest BCUT2D eigenvalue weighted by molar-refractivity contribution is 5.70. The molecule has 4 heteroatoms. The van der Waals surface area contributed by atoms with Gasteiger partial charge in [0.1, 0.15) is 5.75 Å². The summed E-state index contributed by atoms with van der Waals surface area (Å²) in [6.07, 6.45) is 5.03. The van der Waals surface area contributed by atoms with Crippen LogP contribution in [0, 0.1) is 5.92 Å². The molecule has 1 aromatic carbocycles. The van der Waals surface area contributed by atoms with Crippen molar-refractivity contribution in [1.29, 1.82) is 0 Å². The molecular weight excluding hydrogens is 266 g/mol. The van der Waals surface area contributed by atoms with Gasteiger partial charge in [0.25, 0.3) is 0 Å². The molecule has 0 aromatic heterocycles. The van der Waals surface area contributed by atoms with Crippen molar-refractivity contribution in [2.24, 2.45) is 5.92 Å². The van der Waals surface area contributed by atoms with Crippen molar-refractivity contribution in [3.63, 3.8) is 0 Å². The first-order chi connectivity index (χ1) is 10.1. The standard InChI is InChI=1S/C17H25NO3/c1-18(12-13-8-6-7-11-16(13)21-2)15-10-5-3-4-9-14(15)17(19)20/h6-8,11,14-15H,3-5,9-10,12H2,1-2H3,(H,19,20). The quantitative estimate of drug-likeness (QED) is 0.847. The molecule has 1 fully saturated rings. The lowest BCUT2D eigenvalue weighted by atomic mass is 9.93. The van der Waals surface area contributed by atoms with E-state index in [9.17, 15) is 9.90 Å². The Morgan fingerprint density at radius 3 is 2.71 bits per heavy atom. The molecule has 0 aliphatic heterocycles. The molecule has 2 rings (SSSR count). The fourth-order valence-electron chi connectivity index (χ4n) is 3.32. The molecule has 1 N–H and O–H groups in total. The smallest absolute Gasteiger partial charge is 0.308 e. The first-order valence-electron chi connectivity index (χ1n) is 7.68. The Morgan fingerprint density at radius 1 is 1.29 bits per heavy atom. The molecular formula is C17H25NO3. The molecule has 4 nitrogen and oxygen atoms in total. The zero-order chi connectivity index (χ0) is 15.2. The lowest BCUT2D eigenvalue weighted by Gasteiger charge is -2.31. The van der Waals surface area contributed by atoms with Gasteiger partial charge >= 0.3 is 5.97 Å². The fraction of sp³-hybridized carbons (Fsp3) is 0.588. The average Bonchev–Trinajstić information content (AvgIpc) is 2.73. The third kappa shape index (κ3) is 3.97. The fourth-order valence-corrected chi connectivity index (χ4v) is 3.32. The number of hydrogen-bond acceptors (Lipinski definition) is 3. The second-order valence-corrected chi connectivity index (χ2v) is 5.88. The minimum absolute atomic E-state index is 0.106. The summed E-state index contributed by atoms with van der Waals surface area (Å²) >= 11 is 0. The van der Waals surface area contributed by atoms with Gasteiger partial charge in [-0.25, -0.2) is 0 Å². The Labute approximate surface area is 126 Å². The van der Waals surface area contributed by atoms with E-state index in [1.54, 1.807) is 7.11 Å². The molecule has 2 unspecified atom stereocenters. The molecule has 0 heterocycles. The van der Waals surface area contributed by atoms with Gasteiger partial charge < -0.3 is 9.84 Å². The molecule has 0 bridgehead atoms. The van der Waals surface area contributed by atoms with E-state index in [4.69, 9.17) is 4.74 Å². The van der Waals surface area contributed by atoms with Gasteiger partial charge in [-0.15, -0.1) is 0 Å². The van der Waals surface area contributed by atoms with E-state index in [2.05, 4.69) is 4.90 Å². The van der Waals surface area contributed by atoms with Crippen LogP contribution >= 0.6 is 0 Å². The SMILES string of the molecule is COc1ccccc1CN(C)C1CCCCCC1C(=O)O. The van der Waals surface area contributed by atoms with Crippen LogP contribution in [0.5, 0.6) is 5.75 Å². The zero-order valence-electron chi connectivity index (χ0n) is 12.9. The van der Waals surface area contributed by atoms with Crippen LogP contribution in [0.3, 0.4) is 0 Å². The molecule has 1 aliphatic rings. The van der Waals surface area contributed by atoms with Crippen LogP contribution in [0.4, 0.5) is 0 Å². The lowest BCUT2D eigenvalue weighted by Crippen LogP contribution is -2.40. The number of rotatable bonds is 5. The Hall–Kier alpha value is -1.55. The summed E-state index contributed by atoms with van der Waals surface area (Å²) < 4.78 is 5.39. The number of hydrogen-bond donors (Lipinski definition) is 1. The average molecular weight is 291 g/mol. The number of ether oxygens (including phenoxy) is 1. The lowest BCUT2D eigenvalue weighted by molar-refractivity contribution is -0.144. The van der Waals surface area contributed by atoms with Crippen molar-refractivity contribution in [2.75, 3.05) is 14.2 Å². The number of carbonyl (C=O) groups is 1. The van der Waals surface area contributed by atoms with Crippen LogP contribution in [0.1, 0.15) is 37.7 Å². The van der Waals surface area contributed by atoms with Gasteiger partial charge in [-0.3, -0.25) is 9.69 Å². The molecule has 0 radical (unpaired) electrons. The number of carboxylic acids is 1. The van der Waals surface area contributed by atoms with Gasteiger partial charge in [0.05, 0.1) is 13.0 Å². The maximum absolute atomic E-state index is 11.5. The summed E-state index contributed by atoms with van der Waals surface area (Å²) in [5.41, 5.74) is 1.11. The van der Waals surface area contributed by atoms with E-state index in [-0.39, 0.29) is 12.0 Å². The van der Waals surface area contributed by atoms with Gasteiger partial charge in [0, 0.05) is 18.2 Å². The number of carboxylic acid groups (broad SMARTS) is 1. The van der Waals surface area contributed by atoms with E-state index in [1.165, 1.54) is 0 Å². The molecule has 21 heavy (non-hydrogen) atoms. The number of nitrogens with zero attached hydrogens (tertiary/aromatic N) is 1. The van der Waals surface area contributed by atoms with E-state index in [0.717, 1.165) is 50.0 Å². The van der Waals surface area contributed by atoms with Crippen LogP contribution in [0.2, 0.25) is 0 Å². The first kappa shape index (κ1) is 15.8. The summed E-state index contributed by atoms with van der Waals surface area (Å²) in [6.45, 7) is 0.721. The number of methoxy groups -OCH3 is 1. The number of para-hydroxylation sites is 1. The molecule has 0 spiro atoms. The molecule has 0 saturated heterocycles. The summed E-state index contributed by atoms with van der Waals surface area (Å²) in [4.78, 5) is 13.7. The van der Waals surface area contributed by atoms with E-state index in [0.29, 0.717) is 0 Å². The minimum Gasteiger partial charge on any atom is -0.496 e. The minimum atomic E-state index is -0.659. The van der Waals surface area contributed by atoms with Crippen LogP contribution in [0.15, 0.2) is 24.3 Å². The van der Waals surface area contributed by atoms with Crippen LogP contribution in [-0.4, -0.2) is 36.2 Å². The number of aliphatic carboxylic acids is 1. The normalized spacial score (nSPS) is 22.8. The Balaban J connectivity index is 2.12. The van der Waals surface area contributed by atoms with Crippen LogP contribution in [0.25, 0.3) is 0 Å². The molecule has 1 aliphatic carbocycles. The summed E-state index contributed by atoms with van der Waals surface area (Å²) in [5, 5.41) is 9.50. The Morgan fingerprint density at radius 2 is 2.00 bits per heavy atom. The van der Waals surface area contributed by atoms with E-state index in [1.807, 2.05) is 31.3 Å². The highest BCUT2D eigenvalue weighted by Gasteiger charge is 2.32. The molecule has 1 saturated carbocycles. The number of benzene rings is 1. The van der Waals surface area contributed by atoms with Gasteiger partial charge in [-0.1, -0.05) is 37.5 Å². The zero-order valence-corrected chi connectivity index (χ0v) is 12.9. The van der Waals surface area contributed by atoms with E-state index >= 15 is 0 Å². The van der Waals surface area contributed by atoms with Gasteiger partial charge in [0.2, 0.25) is 0 Å². The van der Waals surface area contributed by atoms with Crippen molar-refractivity contribution in [1.82, 2.24) is 4.90 Å². The molecule has 1 aromatic rings. The maximum Gasteiger partial charge on any atom is 0.308 e. The van der Waals surface area contributed by atoms with Crippen LogP contribution in [-0.2, 0) is 11.3 Å². The van der Waals surface area contributed by atoms with E-state index < -0.39 is 5.97 Å². The van der Waals surface area contributed by atoms with Crippen molar-refractivity contribution in [3.05, 3.63) is 29.8 Å². The molecule has 116 valence electrons. The van der Waals surface area contributed by atoms with Crippen molar-refractivity contribution >= 4 is 5.97 Å². The topological polar surface area (TPSA) is 49.8 Å². The Kier molecular flexibility index (Phi) is 5.62. The van der Waals surface area contributed by atoms with Crippen molar-refractivity contribution < 1.29 is 14.6 Å². The highest BCUT2D eigenvalue weighted by atomic mass is 16.5. The van der Waals surface area contributed by atoms with Gasteiger partial charge in [0.15, 0.2) is 0 Å². The maximum atomic E-state index is 11.5. The van der Waals surface area contributed by atoms with Crippen LogP contribution < -0.4 is 4.74 Å². The summed E-state index contributed by atoms with van der Waals surface area (Å²) in [7, 11) is 3.70. The Bertz CT molecular complexity index is 475. The predicted octanol–water partition coefficient (Wildman–Crippen LogP) is 3.16. The van der Waals surface area contributed by atoms with Gasteiger partial charge in [-0.05, 0) is 26.0 Å².